The van der Waals surface area contributed by atoms with Gasteiger partial charge in [0.15, 0.2) is 0 Å². The van der Waals surface area contributed by atoms with Crippen LogP contribution in [0.1, 0.15) is 73.1 Å². The third-order valence-electron chi connectivity index (χ3n) is 6.92. The maximum Gasteiger partial charge on any atom is 0.339 e. The van der Waals surface area contributed by atoms with Crippen molar-refractivity contribution in [2.24, 2.45) is 0 Å². The second-order valence-corrected chi connectivity index (χ2v) is 9.75. The van der Waals surface area contributed by atoms with E-state index >= 15 is 0 Å². The van der Waals surface area contributed by atoms with Crippen LogP contribution in [0.25, 0.3) is 0 Å². The zero-order valence-corrected chi connectivity index (χ0v) is 18.0. The van der Waals surface area contributed by atoms with Gasteiger partial charge in [-0.05, 0) is 70.2 Å². The molecule has 0 saturated carbocycles. The van der Waals surface area contributed by atoms with Gasteiger partial charge in [-0.2, -0.15) is 0 Å². The van der Waals surface area contributed by atoms with Gasteiger partial charge < -0.3 is 20.3 Å². The Hall–Kier alpha value is -2.69. The minimum Gasteiger partial charge on any atom is -0.496 e. The summed E-state index contributed by atoms with van der Waals surface area (Å²) in [6.07, 6.45) is 1.82. The van der Waals surface area contributed by atoms with Crippen LogP contribution in [0.5, 0.6) is 11.5 Å². The van der Waals surface area contributed by atoms with Crippen molar-refractivity contribution in [1.82, 2.24) is 0 Å². The number of anilines is 1. The highest BCUT2D eigenvalue weighted by molar-refractivity contribution is 5.92. The number of carbonyl (C=O) groups is 1. The first-order valence-electron chi connectivity index (χ1n) is 9.91. The summed E-state index contributed by atoms with van der Waals surface area (Å²) in [6.45, 7) is 8.89. The summed E-state index contributed by atoms with van der Waals surface area (Å²) in [5.41, 5.74) is 11.3. The van der Waals surface area contributed by atoms with Crippen LogP contribution in [0.4, 0.5) is 5.69 Å². The van der Waals surface area contributed by atoms with Crippen molar-refractivity contribution in [3.8, 4) is 11.5 Å². The van der Waals surface area contributed by atoms with Gasteiger partial charge in [0.05, 0.1) is 19.9 Å². The Kier molecular flexibility index (Phi) is 4.00. The number of nitrogens with two attached hydrogens (primary N) is 1. The number of methoxy groups -OCH3 is 2. The number of carboxylic acids is 1. The molecule has 0 saturated heterocycles. The summed E-state index contributed by atoms with van der Waals surface area (Å²) in [6, 6.07) is 7.89. The second-order valence-electron chi connectivity index (χ2n) is 9.75. The van der Waals surface area contributed by atoms with Gasteiger partial charge in [0.25, 0.3) is 0 Å². The molecule has 5 heteroatoms. The van der Waals surface area contributed by atoms with Crippen molar-refractivity contribution in [3.05, 3.63) is 52.1 Å². The van der Waals surface area contributed by atoms with E-state index in [1.54, 1.807) is 7.11 Å². The fourth-order valence-electron chi connectivity index (χ4n) is 5.89. The fourth-order valence-corrected chi connectivity index (χ4v) is 5.89. The SMILES string of the molecule is COc1cc2c(cc1N)C(C)(C)CC21CC(C)(C)c2cc(C(=O)O)c(OC)cc21. The summed E-state index contributed by atoms with van der Waals surface area (Å²) in [5.74, 6) is 0.117. The van der Waals surface area contributed by atoms with Crippen LogP contribution in [0.15, 0.2) is 24.3 Å². The van der Waals surface area contributed by atoms with Gasteiger partial charge in [-0.25, -0.2) is 4.79 Å². The molecule has 2 aromatic carbocycles. The standard InChI is InChI=1S/C24H29NO4/c1-22(2)11-24(16-9-19(28-5)13(21(26)27)7-14(16)22)12-23(3,4)15-8-18(25)20(29-6)10-17(15)24/h7-10H,11-12,25H2,1-6H3,(H,26,27). The minimum absolute atomic E-state index is 0.0634. The molecule has 2 aliphatic rings. The molecule has 5 nitrogen and oxygen atoms in total. The Morgan fingerprint density at radius 2 is 1.34 bits per heavy atom. The van der Waals surface area contributed by atoms with E-state index in [1.165, 1.54) is 18.2 Å². The maximum absolute atomic E-state index is 11.8. The lowest BCUT2D eigenvalue weighted by Crippen LogP contribution is -2.27. The van der Waals surface area contributed by atoms with E-state index < -0.39 is 5.97 Å². The first-order valence-corrected chi connectivity index (χ1v) is 9.91. The van der Waals surface area contributed by atoms with Gasteiger partial charge in [0, 0.05) is 5.41 Å². The predicted molar refractivity (Wildman–Crippen MR) is 113 cm³/mol. The van der Waals surface area contributed by atoms with Crippen molar-refractivity contribution in [1.29, 1.82) is 0 Å². The molecule has 1 spiro atoms. The molecule has 0 fully saturated rings. The number of hydrogen-bond donors (Lipinski definition) is 2. The van der Waals surface area contributed by atoms with Crippen LogP contribution >= 0.6 is 0 Å². The summed E-state index contributed by atoms with van der Waals surface area (Å²) >= 11 is 0. The van der Waals surface area contributed by atoms with E-state index in [-0.39, 0.29) is 21.8 Å². The Balaban J connectivity index is 2.06. The zero-order chi connectivity index (χ0) is 21.4. The number of aromatic carboxylic acids is 1. The molecule has 1 atom stereocenters. The molecule has 29 heavy (non-hydrogen) atoms. The molecule has 3 N–H and O–H groups in total. The lowest BCUT2D eigenvalue weighted by Gasteiger charge is -2.30. The second kappa shape index (κ2) is 5.91. The van der Waals surface area contributed by atoms with E-state index in [4.69, 9.17) is 15.2 Å². The molecule has 0 bridgehead atoms. The van der Waals surface area contributed by atoms with Gasteiger partial charge in [-0.15, -0.1) is 0 Å². The normalized spacial score (nSPS) is 23.0. The Morgan fingerprint density at radius 1 is 0.862 bits per heavy atom. The van der Waals surface area contributed by atoms with Crippen LogP contribution in [-0.4, -0.2) is 25.3 Å². The summed E-state index contributed by atoms with van der Waals surface area (Å²) in [7, 11) is 3.16. The third kappa shape index (κ3) is 2.56. The summed E-state index contributed by atoms with van der Waals surface area (Å²) in [4.78, 5) is 11.8. The molecule has 2 aromatic rings. The van der Waals surface area contributed by atoms with Crippen molar-refractivity contribution >= 4 is 11.7 Å². The number of hydrogen-bond acceptors (Lipinski definition) is 4. The molecular formula is C24H29NO4. The van der Waals surface area contributed by atoms with Crippen LogP contribution in [0.2, 0.25) is 0 Å². The Bertz CT molecular complexity index is 1040. The first-order chi connectivity index (χ1) is 13.5. The lowest BCUT2D eigenvalue weighted by molar-refractivity contribution is 0.0693. The highest BCUT2D eigenvalue weighted by Gasteiger charge is 2.56. The molecule has 0 aliphatic heterocycles. The zero-order valence-electron chi connectivity index (χ0n) is 18.0. The molecule has 4 rings (SSSR count). The maximum atomic E-state index is 11.8. The quantitative estimate of drug-likeness (QED) is 0.741. The number of fused-ring (bicyclic) bond motifs is 4. The third-order valence-corrected chi connectivity index (χ3v) is 6.92. The largest absolute Gasteiger partial charge is 0.496 e. The molecule has 1 unspecified atom stereocenters. The van der Waals surface area contributed by atoms with Gasteiger partial charge in [-0.1, -0.05) is 27.7 Å². The van der Waals surface area contributed by atoms with Crippen LogP contribution in [-0.2, 0) is 16.2 Å². The van der Waals surface area contributed by atoms with Crippen molar-refractivity contribution in [2.75, 3.05) is 20.0 Å². The van der Waals surface area contributed by atoms with E-state index in [0.717, 1.165) is 24.0 Å². The number of rotatable bonds is 3. The van der Waals surface area contributed by atoms with E-state index in [0.29, 0.717) is 17.2 Å². The van der Waals surface area contributed by atoms with Gasteiger partial charge >= 0.3 is 5.97 Å². The summed E-state index contributed by atoms with van der Waals surface area (Å²) < 4.78 is 11.0. The number of benzene rings is 2. The highest BCUT2D eigenvalue weighted by Crippen LogP contribution is 2.64. The van der Waals surface area contributed by atoms with Crippen molar-refractivity contribution < 1.29 is 19.4 Å². The fraction of sp³-hybridized carbons (Fsp3) is 0.458. The van der Waals surface area contributed by atoms with E-state index in [2.05, 4.69) is 39.8 Å². The smallest absolute Gasteiger partial charge is 0.339 e. The van der Waals surface area contributed by atoms with Gasteiger partial charge in [0.2, 0.25) is 0 Å². The topological polar surface area (TPSA) is 81.8 Å². The average molecular weight is 395 g/mol. The molecule has 0 heterocycles. The van der Waals surface area contributed by atoms with Gasteiger partial charge in [0.1, 0.15) is 17.1 Å². The molecule has 2 aliphatic carbocycles. The molecule has 0 radical (unpaired) electrons. The van der Waals surface area contributed by atoms with E-state index in [1.807, 2.05) is 12.1 Å². The predicted octanol–water partition coefficient (Wildman–Crippen LogP) is 4.63. The van der Waals surface area contributed by atoms with E-state index in [9.17, 15) is 9.90 Å². The van der Waals surface area contributed by atoms with Crippen LogP contribution < -0.4 is 15.2 Å². The number of nitrogen functional groups attached to an aromatic ring is 1. The first kappa shape index (κ1) is 19.6. The molecule has 0 amide bonds. The lowest BCUT2D eigenvalue weighted by atomic mass is 9.72. The van der Waals surface area contributed by atoms with Crippen molar-refractivity contribution in [2.45, 2.75) is 56.8 Å². The molecule has 154 valence electrons. The monoisotopic (exact) mass is 395 g/mol. The van der Waals surface area contributed by atoms with Crippen molar-refractivity contribution in [3.63, 3.8) is 0 Å². The highest BCUT2D eigenvalue weighted by atomic mass is 16.5. The summed E-state index contributed by atoms with van der Waals surface area (Å²) in [5, 5.41) is 9.68. The number of carboxylic acid groups (broad SMARTS) is 1. The van der Waals surface area contributed by atoms with Gasteiger partial charge in [-0.3, -0.25) is 0 Å². The molecular weight excluding hydrogens is 366 g/mol. The number of ether oxygens (including phenoxy) is 2. The minimum atomic E-state index is -0.969. The molecule has 0 aromatic heterocycles. The average Bonchev–Trinajstić information content (AvgIpc) is 2.99. The Labute approximate surface area is 171 Å². The Morgan fingerprint density at radius 3 is 1.83 bits per heavy atom. The van der Waals surface area contributed by atoms with Crippen LogP contribution in [0.3, 0.4) is 0 Å². The van der Waals surface area contributed by atoms with Crippen LogP contribution in [0, 0.1) is 0 Å².